The number of furan rings is 1. The van der Waals surface area contributed by atoms with Crippen LogP contribution >= 0.6 is 0 Å². The summed E-state index contributed by atoms with van der Waals surface area (Å²) in [7, 11) is 3.52. The van der Waals surface area contributed by atoms with Gasteiger partial charge in [0.25, 0.3) is 5.91 Å². The Kier molecular flexibility index (Phi) is 4.90. The van der Waals surface area contributed by atoms with E-state index in [0.717, 1.165) is 17.1 Å². The van der Waals surface area contributed by atoms with Gasteiger partial charge in [0.15, 0.2) is 0 Å². The lowest BCUT2D eigenvalue weighted by molar-refractivity contribution is -0.124. The molecule has 132 valence electrons. The molecule has 1 fully saturated rings. The van der Waals surface area contributed by atoms with Crippen molar-refractivity contribution >= 4 is 11.8 Å². The monoisotopic (exact) mass is 341 g/mol. The molecule has 1 aromatic heterocycles. The molecule has 3 rings (SSSR count). The Bertz CT molecular complexity index is 766. The minimum Gasteiger partial charge on any atom is -0.461 e. The first-order valence-electron chi connectivity index (χ1n) is 8.37. The first kappa shape index (κ1) is 17.2. The van der Waals surface area contributed by atoms with Gasteiger partial charge in [-0.25, -0.2) is 0 Å². The second-order valence-corrected chi connectivity index (χ2v) is 6.46. The fourth-order valence-electron chi connectivity index (χ4n) is 3.22. The first-order chi connectivity index (χ1) is 12.0. The highest BCUT2D eigenvalue weighted by atomic mass is 16.3. The molecule has 0 spiro atoms. The van der Waals surface area contributed by atoms with Gasteiger partial charge in [0.1, 0.15) is 11.5 Å². The lowest BCUT2D eigenvalue weighted by Gasteiger charge is -2.16. The number of benzene rings is 1. The molecule has 1 saturated heterocycles. The Morgan fingerprint density at radius 3 is 2.48 bits per heavy atom. The predicted octanol–water partition coefficient (Wildman–Crippen LogP) is 1.80. The fourth-order valence-corrected chi connectivity index (χ4v) is 3.22. The Morgan fingerprint density at radius 2 is 1.88 bits per heavy atom. The van der Waals surface area contributed by atoms with E-state index >= 15 is 0 Å². The normalized spacial score (nSPS) is 20.4. The number of carbonyl (C=O) groups excluding carboxylic acids is 2. The van der Waals surface area contributed by atoms with Crippen LogP contribution in [0.25, 0.3) is 11.3 Å². The van der Waals surface area contributed by atoms with E-state index in [1.165, 1.54) is 0 Å². The summed E-state index contributed by atoms with van der Waals surface area (Å²) in [5.41, 5.74) is 1.53. The number of aryl methyl sites for hydroxylation is 1. The van der Waals surface area contributed by atoms with Crippen LogP contribution in [0.2, 0.25) is 0 Å². The van der Waals surface area contributed by atoms with Gasteiger partial charge in [-0.1, -0.05) is 12.1 Å². The number of likely N-dealkylation sites (tertiary alicyclic amines) is 1. The molecule has 2 amide bonds. The van der Waals surface area contributed by atoms with Crippen molar-refractivity contribution in [3.63, 3.8) is 0 Å². The third-order valence-corrected chi connectivity index (χ3v) is 4.60. The average Bonchev–Trinajstić information content (AvgIpc) is 3.20. The maximum absolute atomic E-state index is 12.5. The molecule has 2 N–H and O–H groups in total. The van der Waals surface area contributed by atoms with Crippen LogP contribution in [-0.4, -0.2) is 49.4 Å². The molecule has 6 nitrogen and oxygen atoms in total. The highest BCUT2D eigenvalue weighted by Crippen LogP contribution is 2.22. The molecule has 2 heterocycles. The second kappa shape index (κ2) is 7.11. The summed E-state index contributed by atoms with van der Waals surface area (Å²) in [6, 6.07) is 10.9. The lowest BCUT2D eigenvalue weighted by Crippen LogP contribution is -2.39. The van der Waals surface area contributed by atoms with Crippen LogP contribution in [0.4, 0.5) is 0 Å². The summed E-state index contributed by atoms with van der Waals surface area (Å²) in [6.45, 7) is 2.56. The van der Waals surface area contributed by atoms with Crippen molar-refractivity contribution in [2.24, 2.45) is 0 Å². The number of hydrogen-bond acceptors (Lipinski definition) is 4. The average molecular weight is 341 g/mol. The molecule has 0 saturated carbocycles. The maximum atomic E-state index is 12.5. The van der Waals surface area contributed by atoms with E-state index < -0.39 is 0 Å². The summed E-state index contributed by atoms with van der Waals surface area (Å²) in [5, 5.41) is 5.68. The zero-order chi connectivity index (χ0) is 18.0. The van der Waals surface area contributed by atoms with Crippen LogP contribution in [0.15, 0.2) is 40.8 Å². The topological polar surface area (TPSA) is 74.6 Å². The predicted molar refractivity (Wildman–Crippen MR) is 95.2 cm³/mol. The van der Waals surface area contributed by atoms with Crippen molar-refractivity contribution < 1.29 is 14.0 Å². The smallest absolute Gasteiger partial charge is 0.251 e. The van der Waals surface area contributed by atoms with E-state index in [4.69, 9.17) is 4.42 Å². The van der Waals surface area contributed by atoms with Crippen molar-refractivity contribution in [2.75, 3.05) is 20.6 Å². The van der Waals surface area contributed by atoms with E-state index in [1.807, 2.05) is 43.1 Å². The lowest BCUT2D eigenvalue weighted by atomic mass is 10.1. The molecular formula is C19H23N3O3. The molecular weight excluding hydrogens is 318 g/mol. The minimum absolute atomic E-state index is 0.0163. The van der Waals surface area contributed by atoms with Gasteiger partial charge >= 0.3 is 0 Å². The molecule has 1 aliphatic rings. The summed E-state index contributed by atoms with van der Waals surface area (Å²) >= 11 is 0. The van der Waals surface area contributed by atoms with Gasteiger partial charge in [-0.2, -0.15) is 0 Å². The SMILES string of the molecule is CNC(=O)C1CC(NC(=O)c2ccc(-c3ccc(C)o3)cc2)CN1C. The van der Waals surface area contributed by atoms with Crippen LogP contribution < -0.4 is 10.6 Å². The van der Waals surface area contributed by atoms with Gasteiger partial charge in [-0.3, -0.25) is 14.5 Å². The van der Waals surface area contributed by atoms with Gasteiger partial charge < -0.3 is 15.1 Å². The molecule has 0 radical (unpaired) electrons. The minimum atomic E-state index is -0.195. The van der Waals surface area contributed by atoms with Gasteiger partial charge in [0.05, 0.1) is 6.04 Å². The van der Waals surface area contributed by atoms with E-state index in [1.54, 1.807) is 19.2 Å². The third-order valence-electron chi connectivity index (χ3n) is 4.60. The molecule has 1 aromatic carbocycles. The molecule has 2 atom stereocenters. The number of amides is 2. The van der Waals surface area contributed by atoms with Gasteiger partial charge in [-0.15, -0.1) is 0 Å². The van der Waals surface area contributed by atoms with Crippen molar-refractivity contribution in [1.29, 1.82) is 0 Å². The number of nitrogens with zero attached hydrogens (tertiary/aromatic N) is 1. The van der Waals surface area contributed by atoms with Crippen molar-refractivity contribution in [2.45, 2.75) is 25.4 Å². The number of nitrogens with one attached hydrogen (secondary N) is 2. The largest absolute Gasteiger partial charge is 0.461 e. The van der Waals surface area contributed by atoms with Gasteiger partial charge in [0.2, 0.25) is 5.91 Å². The zero-order valence-corrected chi connectivity index (χ0v) is 14.7. The molecule has 25 heavy (non-hydrogen) atoms. The standard InChI is InChI=1S/C19H23N3O3/c1-12-4-9-17(25-12)13-5-7-14(8-6-13)18(23)21-15-10-16(19(24)20-2)22(3)11-15/h4-9,15-16H,10-11H2,1-3H3,(H,20,24)(H,21,23). The highest BCUT2D eigenvalue weighted by molar-refractivity contribution is 5.95. The molecule has 0 aliphatic carbocycles. The Morgan fingerprint density at radius 1 is 1.16 bits per heavy atom. The highest BCUT2D eigenvalue weighted by Gasteiger charge is 2.34. The Labute approximate surface area is 147 Å². The van der Waals surface area contributed by atoms with Crippen LogP contribution in [0, 0.1) is 6.92 Å². The van der Waals surface area contributed by atoms with Crippen molar-refractivity contribution in [1.82, 2.24) is 15.5 Å². The van der Waals surface area contributed by atoms with Crippen LogP contribution in [-0.2, 0) is 4.79 Å². The van der Waals surface area contributed by atoms with Crippen molar-refractivity contribution in [3.8, 4) is 11.3 Å². The quantitative estimate of drug-likeness (QED) is 0.889. The van der Waals surface area contributed by atoms with Crippen LogP contribution in [0.1, 0.15) is 22.5 Å². The van der Waals surface area contributed by atoms with Gasteiger partial charge in [0, 0.05) is 30.8 Å². The number of rotatable bonds is 4. The fraction of sp³-hybridized carbons (Fsp3) is 0.368. The summed E-state index contributed by atoms with van der Waals surface area (Å²) in [4.78, 5) is 26.2. The van der Waals surface area contributed by atoms with E-state index in [0.29, 0.717) is 18.5 Å². The number of hydrogen-bond donors (Lipinski definition) is 2. The molecule has 1 aliphatic heterocycles. The van der Waals surface area contributed by atoms with E-state index in [9.17, 15) is 9.59 Å². The molecule has 2 unspecified atom stereocenters. The van der Waals surface area contributed by atoms with Gasteiger partial charge in [-0.05, 0) is 44.7 Å². The third kappa shape index (κ3) is 3.74. The second-order valence-electron chi connectivity index (χ2n) is 6.46. The van der Waals surface area contributed by atoms with Crippen LogP contribution in [0.5, 0.6) is 0 Å². The summed E-state index contributed by atoms with van der Waals surface area (Å²) in [5.74, 6) is 1.50. The molecule has 6 heteroatoms. The molecule has 0 bridgehead atoms. The van der Waals surface area contributed by atoms with Crippen LogP contribution in [0.3, 0.4) is 0 Å². The first-order valence-corrected chi connectivity index (χ1v) is 8.37. The van der Waals surface area contributed by atoms with Crippen molar-refractivity contribution in [3.05, 3.63) is 47.7 Å². The molecule has 2 aromatic rings. The Balaban J connectivity index is 1.63. The Hall–Kier alpha value is -2.60. The number of likely N-dealkylation sites (N-methyl/N-ethyl adjacent to an activating group) is 2. The maximum Gasteiger partial charge on any atom is 0.251 e. The zero-order valence-electron chi connectivity index (χ0n) is 14.7. The summed E-state index contributed by atoms with van der Waals surface area (Å²) < 4.78 is 5.59. The van der Waals surface area contributed by atoms with E-state index in [2.05, 4.69) is 10.6 Å². The summed E-state index contributed by atoms with van der Waals surface area (Å²) in [6.07, 6.45) is 0.617. The number of carbonyl (C=O) groups is 2. The van der Waals surface area contributed by atoms with E-state index in [-0.39, 0.29) is 23.9 Å².